The molecule has 1 aliphatic rings. The van der Waals surface area contributed by atoms with E-state index in [1.165, 1.54) is 5.56 Å². The summed E-state index contributed by atoms with van der Waals surface area (Å²) in [5.41, 5.74) is 1.24. The van der Waals surface area contributed by atoms with Crippen molar-refractivity contribution in [3.05, 3.63) is 42.1 Å². The van der Waals surface area contributed by atoms with Crippen molar-refractivity contribution in [1.29, 1.82) is 0 Å². The van der Waals surface area contributed by atoms with E-state index in [4.69, 9.17) is 4.74 Å². The van der Waals surface area contributed by atoms with Crippen LogP contribution in [0.3, 0.4) is 0 Å². The molecule has 1 atom stereocenters. The molecule has 26 heavy (non-hydrogen) atoms. The molecule has 0 saturated carbocycles. The summed E-state index contributed by atoms with van der Waals surface area (Å²) in [6.07, 6.45) is 7.29. The summed E-state index contributed by atoms with van der Waals surface area (Å²) in [5.74, 6) is 1.94. The lowest BCUT2D eigenvalue weighted by Gasteiger charge is -2.33. The fraction of sp³-hybridized carbons (Fsp3) is 0.526. The first-order valence-electron chi connectivity index (χ1n) is 9.02. The number of anilines is 1. The van der Waals surface area contributed by atoms with Crippen LogP contribution in [0.2, 0.25) is 0 Å². The van der Waals surface area contributed by atoms with Gasteiger partial charge < -0.3 is 19.1 Å². The zero-order valence-electron chi connectivity index (χ0n) is 15.8. The number of carbonyl (C=O) groups is 1. The number of aryl methyl sites for hydroxylation is 2. The largest absolute Gasteiger partial charge is 0.375 e. The van der Waals surface area contributed by atoms with Crippen molar-refractivity contribution in [2.24, 2.45) is 0 Å². The van der Waals surface area contributed by atoms with Gasteiger partial charge in [0.25, 0.3) is 0 Å². The third-order valence-electron chi connectivity index (χ3n) is 4.74. The Balaban J connectivity index is 1.53. The van der Waals surface area contributed by atoms with Gasteiger partial charge in [0, 0.05) is 45.8 Å². The van der Waals surface area contributed by atoms with E-state index in [2.05, 4.69) is 16.0 Å². The van der Waals surface area contributed by atoms with Crippen LogP contribution in [0.4, 0.5) is 5.82 Å². The van der Waals surface area contributed by atoms with E-state index in [-0.39, 0.29) is 12.0 Å². The van der Waals surface area contributed by atoms with E-state index in [1.54, 1.807) is 6.20 Å². The summed E-state index contributed by atoms with van der Waals surface area (Å²) < 4.78 is 7.76. The van der Waals surface area contributed by atoms with Gasteiger partial charge in [-0.3, -0.25) is 4.79 Å². The average Bonchev–Trinajstić information content (AvgIpc) is 3.05. The number of imidazole rings is 1. The predicted molar refractivity (Wildman–Crippen MR) is 100 cm³/mol. The molecule has 0 N–H and O–H groups in total. The SMILES string of the molecule is Cc1nccn1CC(=O)N1CCO[C@@H](CCc2ccnc(N(C)C)c2)C1. The summed E-state index contributed by atoms with van der Waals surface area (Å²) in [4.78, 5) is 25.0. The Hall–Kier alpha value is -2.41. The lowest BCUT2D eigenvalue weighted by molar-refractivity contribution is -0.139. The molecule has 140 valence electrons. The topological polar surface area (TPSA) is 63.5 Å². The minimum absolute atomic E-state index is 0.0764. The third-order valence-corrected chi connectivity index (χ3v) is 4.74. The highest BCUT2D eigenvalue weighted by molar-refractivity contribution is 5.76. The standard InChI is InChI=1S/C19H27N5O2/c1-15-20-8-9-23(15)14-19(25)24-10-11-26-17(13-24)5-4-16-6-7-21-18(12-16)22(2)3/h6-9,12,17H,4-5,10-11,13-14H2,1-3H3/t17-/m0/s1. The van der Waals surface area contributed by atoms with Crippen LogP contribution >= 0.6 is 0 Å². The molecule has 0 aromatic carbocycles. The molecule has 1 fully saturated rings. The van der Waals surface area contributed by atoms with Crippen molar-refractivity contribution in [1.82, 2.24) is 19.4 Å². The minimum atomic E-state index is 0.0764. The molecule has 1 aliphatic heterocycles. The average molecular weight is 357 g/mol. The van der Waals surface area contributed by atoms with Crippen molar-refractivity contribution in [2.45, 2.75) is 32.4 Å². The maximum absolute atomic E-state index is 12.6. The van der Waals surface area contributed by atoms with Crippen molar-refractivity contribution in [3.63, 3.8) is 0 Å². The lowest BCUT2D eigenvalue weighted by atomic mass is 10.1. The molecule has 0 spiro atoms. The molecule has 2 aromatic rings. The van der Waals surface area contributed by atoms with Gasteiger partial charge in [-0.25, -0.2) is 9.97 Å². The molecule has 7 nitrogen and oxygen atoms in total. The number of hydrogen-bond donors (Lipinski definition) is 0. The van der Waals surface area contributed by atoms with E-state index in [0.717, 1.165) is 24.5 Å². The first kappa shape index (κ1) is 18.4. The maximum Gasteiger partial charge on any atom is 0.242 e. The van der Waals surface area contributed by atoms with Crippen LogP contribution < -0.4 is 4.90 Å². The molecule has 1 amide bonds. The molecule has 1 saturated heterocycles. The van der Waals surface area contributed by atoms with Crippen LogP contribution in [0.15, 0.2) is 30.7 Å². The molecule has 0 unspecified atom stereocenters. The molecule has 0 radical (unpaired) electrons. The lowest BCUT2D eigenvalue weighted by Crippen LogP contribution is -2.46. The summed E-state index contributed by atoms with van der Waals surface area (Å²) in [7, 11) is 3.98. The summed E-state index contributed by atoms with van der Waals surface area (Å²) >= 11 is 0. The number of ether oxygens (including phenoxy) is 1. The second kappa shape index (κ2) is 8.31. The number of hydrogen-bond acceptors (Lipinski definition) is 5. The highest BCUT2D eigenvalue weighted by atomic mass is 16.5. The molecule has 3 rings (SSSR count). The number of nitrogens with zero attached hydrogens (tertiary/aromatic N) is 5. The van der Waals surface area contributed by atoms with Gasteiger partial charge in [0.05, 0.1) is 12.7 Å². The highest BCUT2D eigenvalue weighted by Crippen LogP contribution is 2.16. The fourth-order valence-electron chi connectivity index (χ4n) is 3.13. The third kappa shape index (κ3) is 4.60. The van der Waals surface area contributed by atoms with Gasteiger partial charge in [-0.15, -0.1) is 0 Å². The van der Waals surface area contributed by atoms with Gasteiger partial charge in [-0.05, 0) is 37.5 Å². The summed E-state index contributed by atoms with van der Waals surface area (Å²) in [6, 6.07) is 4.15. The number of pyridine rings is 1. The Morgan fingerprint density at radius 1 is 1.35 bits per heavy atom. The van der Waals surface area contributed by atoms with Crippen LogP contribution in [-0.2, 0) is 22.5 Å². The van der Waals surface area contributed by atoms with E-state index in [1.807, 2.05) is 53.8 Å². The maximum atomic E-state index is 12.6. The fourth-order valence-corrected chi connectivity index (χ4v) is 3.13. The monoisotopic (exact) mass is 357 g/mol. The Kier molecular flexibility index (Phi) is 5.88. The molecule has 0 bridgehead atoms. The molecular formula is C19H27N5O2. The van der Waals surface area contributed by atoms with E-state index in [9.17, 15) is 4.79 Å². The first-order chi connectivity index (χ1) is 12.5. The number of carbonyl (C=O) groups excluding carboxylic acids is 1. The Bertz CT molecular complexity index is 743. The van der Waals surface area contributed by atoms with Gasteiger partial charge in [-0.1, -0.05) is 0 Å². The van der Waals surface area contributed by atoms with Gasteiger partial charge in [0.15, 0.2) is 0 Å². The van der Waals surface area contributed by atoms with Crippen molar-refractivity contribution in [3.8, 4) is 0 Å². The van der Waals surface area contributed by atoms with Crippen LogP contribution in [0.1, 0.15) is 17.8 Å². The van der Waals surface area contributed by atoms with E-state index >= 15 is 0 Å². The van der Waals surface area contributed by atoms with Gasteiger partial charge in [0.1, 0.15) is 18.2 Å². The van der Waals surface area contributed by atoms with E-state index < -0.39 is 0 Å². The van der Waals surface area contributed by atoms with Crippen molar-refractivity contribution in [2.75, 3.05) is 38.7 Å². The van der Waals surface area contributed by atoms with Crippen molar-refractivity contribution >= 4 is 11.7 Å². The Morgan fingerprint density at radius 2 is 2.19 bits per heavy atom. The number of aromatic nitrogens is 3. The van der Waals surface area contributed by atoms with Gasteiger partial charge in [-0.2, -0.15) is 0 Å². The minimum Gasteiger partial charge on any atom is -0.375 e. The predicted octanol–water partition coefficient (Wildman–Crippen LogP) is 1.51. The molecule has 7 heteroatoms. The Labute approximate surface area is 154 Å². The first-order valence-corrected chi connectivity index (χ1v) is 9.02. The second-order valence-corrected chi connectivity index (χ2v) is 6.89. The number of rotatable bonds is 6. The zero-order valence-corrected chi connectivity index (χ0v) is 15.8. The quantitative estimate of drug-likeness (QED) is 0.784. The van der Waals surface area contributed by atoms with Crippen LogP contribution in [-0.4, -0.2) is 65.2 Å². The Morgan fingerprint density at radius 3 is 2.92 bits per heavy atom. The molecule has 2 aromatic heterocycles. The van der Waals surface area contributed by atoms with Crippen LogP contribution in [0.25, 0.3) is 0 Å². The second-order valence-electron chi connectivity index (χ2n) is 6.89. The highest BCUT2D eigenvalue weighted by Gasteiger charge is 2.24. The van der Waals surface area contributed by atoms with Crippen LogP contribution in [0, 0.1) is 6.92 Å². The molecule has 0 aliphatic carbocycles. The molecule has 3 heterocycles. The van der Waals surface area contributed by atoms with E-state index in [0.29, 0.717) is 26.2 Å². The summed E-state index contributed by atoms with van der Waals surface area (Å²) in [5, 5.41) is 0. The van der Waals surface area contributed by atoms with Gasteiger partial charge >= 0.3 is 0 Å². The zero-order chi connectivity index (χ0) is 18.5. The number of morpholine rings is 1. The van der Waals surface area contributed by atoms with Crippen molar-refractivity contribution < 1.29 is 9.53 Å². The molecular weight excluding hydrogens is 330 g/mol. The van der Waals surface area contributed by atoms with Crippen LogP contribution in [0.5, 0.6) is 0 Å². The summed E-state index contributed by atoms with van der Waals surface area (Å²) in [6.45, 7) is 4.15. The smallest absolute Gasteiger partial charge is 0.242 e. The van der Waals surface area contributed by atoms with Gasteiger partial charge in [0.2, 0.25) is 5.91 Å². The number of amides is 1. The normalized spacial score (nSPS) is 17.3.